The van der Waals surface area contributed by atoms with Crippen molar-refractivity contribution in [2.75, 3.05) is 25.6 Å². The minimum Gasteiger partial charge on any atom is -0.756 e. The maximum Gasteiger partial charge on any atom is 1.00 e. The number of phosphoric acid groups is 1. The predicted octanol–water partition coefficient (Wildman–Crippen LogP) is 6.98. The minimum absolute atomic E-state index is 0. The van der Waals surface area contributed by atoms with Crippen LogP contribution in [0.25, 0.3) is 11.2 Å². The van der Waals surface area contributed by atoms with Gasteiger partial charge in [0.1, 0.15) is 30.8 Å². The number of aliphatic hydroxyl groups is 1. The van der Waals surface area contributed by atoms with E-state index in [0.717, 1.165) is 38.5 Å². The number of hydrogen-bond donors (Lipinski definition) is 2. The van der Waals surface area contributed by atoms with Crippen molar-refractivity contribution in [3.8, 4) is 0 Å². The van der Waals surface area contributed by atoms with Crippen molar-refractivity contribution in [1.29, 1.82) is 0 Å². The minimum atomic E-state index is -5.03. The molecule has 0 amide bonds. The number of carbonyl (C=O) groups excluding carboxylic acids is 2. The molecule has 1 fully saturated rings. The van der Waals surface area contributed by atoms with Crippen molar-refractivity contribution in [3.63, 3.8) is 0 Å². The topological polar surface area (TPSA) is 210 Å². The van der Waals surface area contributed by atoms with Gasteiger partial charge in [-0.1, -0.05) is 168 Å². The summed E-state index contributed by atoms with van der Waals surface area (Å²) >= 11 is 0. The summed E-state index contributed by atoms with van der Waals surface area (Å²) in [6, 6.07) is 0. The molecule has 3 heterocycles. The van der Waals surface area contributed by atoms with Gasteiger partial charge in [0.15, 0.2) is 17.6 Å². The Morgan fingerprint density at radius 1 is 0.774 bits per heavy atom. The molecule has 0 aromatic carbocycles. The van der Waals surface area contributed by atoms with Crippen molar-refractivity contribution in [2.24, 2.45) is 0 Å². The molecule has 2 aromatic heterocycles. The molecular weight excluding hydrogens is 824 g/mol. The van der Waals surface area contributed by atoms with Gasteiger partial charge in [0.25, 0.3) is 7.82 Å². The van der Waals surface area contributed by atoms with E-state index in [1.807, 2.05) is 0 Å². The third-order valence-electron chi connectivity index (χ3n) is 11.4. The average Bonchev–Trinajstić information content (AvgIpc) is 3.86. The number of aliphatic hydroxyl groups excluding tert-OH is 1. The number of phosphoric ester groups is 1. The zero-order valence-corrected chi connectivity index (χ0v) is 41.4. The first-order chi connectivity index (χ1) is 29.7. The Kier molecular flexibility index (Phi) is 31.5. The van der Waals surface area contributed by atoms with E-state index in [1.165, 1.54) is 128 Å². The van der Waals surface area contributed by atoms with Crippen LogP contribution in [0.2, 0.25) is 0 Å². The van der Waals surface area contributed by atoms with Crippen LogP contribution in [0.1, 0.15) is 206 Å². The SMILES string of the molecule is CCCCCCCCCCCCCCCC(=O)OCC(COP(=O)([O-])O[C@H]1C[C@H](n2cnc3c(N)ncnc32)O[C@@H]1CO)OC(=O)CCCCCCCCCCCCCCC.[Na+]. The van der Waals surface area contributed by atoms with Gasteiger partial charge in [-0.05, 0) is 12.8 Å². The van der Waals surface area contributed by atoms with E-state index in [1.54, 1.807) is 4.57 Å². The van der Waals surface area contributed by atoms with Crippen molar-refractivity contribution in [1.82, 2.24) is 19.5 Å². The number of hydrogen-bond acceptors (Lipinski definition) is 14. The van der Waals surface area contributed by atoms with E-state index in [2.05, 4.69) is 28.8 Å². The molecule has 15 nitrogen and oxygen atoms in total. The molecular formula is C45H79N5NaO10P. The second-order valence-electron chi connectivity index (χ2n) is 16.8. The number of ether oxygens (including phenoxy) is 3. The molecule has 0 spiro atoms. The van der Waals surface area contributed by atoms with Gasteiger partial charge in [-0.25, -0.2) is 15.0 Å². The van der Waals surface area contributed by atoms with Gasteiger partial charge in [-0.15, -0.1) is 0 Å². The van der Waals surface area contributed by atoms with Crippen LogP contribution < -0.4 is 40.2 Å². The molecule has 2 unspecified atom stereocenters. The Hall–Kier alpha value is -1.68. The Balaban J connectivity index is 0.0000132. The summed E-state index contributed by atoms with van der Waals surface area (Å²) in [5.41, 5.74) is 6.64. The van der Waals surface area contributed by atoms with Gasteiger partial charge in [0.2, 0.25) is 0 Å². The van der Waals surface area contributed by atoms with Gasteiger partial charge in [-0.2, -0.15) is 0 Å². The average molecular weight is 904 g/mol. The van der Waals surface area contributed by atoms with Crippen LogP contribution in [0.4, 0.5) is 5.82 Å². The molecule has 0 saturated carbocycles. The third kappa shape index (κ3) is 24.0. The van der Waals surface area contributed by atoms with Crippen LogP contribution in [0.5, 0.6) is 0 Å². The fourth-order valence-corrected chi connectivity index (χ4v) is 8.75. The first-order valence-corrected chi connectivity index (χ1v) is 25.3. The zero-order valence-electron chi connectivity index (χ0n) is 38.5. The number of fused-ring (bicyclic) bond motifs is 1. The standard InChI is InChI=1S/C45H80N5O10P.Na/c1-3-5-7-9-11-13-15-17-19-21-23-25-27-29-41(52)56-33-37(58-42(53)30-28-26-24-22-20-18-16-14-12-10-8-6-4-2)34-57-61(54,55)60-38-31-40(59-39(38)32-51)50-36-49-43-44(46)47-35-48-45(43)50;/h35-40,51H,3-34H2,1-2H3,(H,54,55)(H2,46,47,48);/q;+1/p-1/t37?,38-,39+,40+;/m0./s1. The summed E-state index contributed by atoms with van der Waals surface area (Å²) in [6.07, 6.45) is 29.9. The number of imidazole rings is 1. The summed E-state index contributed by atoms with van der Waals surface area (Å²) in [5.74, 6) is -0.785. The summed E-state index contributed by atoms with van der Waals surface area (Å²) in [5, 5.41) is 10.00. The van der Waals surface area contributed by atoms with Crippen LogP contribution in [0.3, 0.4) is 0 Å². The number of nitrogens with two attached hydrogens (primary N) is 1. The smallest absolute Gasteiger partial charge is 0.756 e. The van der Waals surface area contributed by atoms with E-state index in [0.29, 0.717) is 24.0 Å². The maximum absolute atomic E-state index is 13.1. The van der Waals surface area contributed by atoms with E-state index in [-0.39, 0.29) is 61.2 Å². The summed E-state index contributed by atoms with van der Waals surface area (Å²) in [7, 11) is -5.03. The van der Waals surface area contributed by atoms with E-state index in [9.17, 15) is 24.2 Å². The van der Waals surface area contributed by atoms with Crippen molar-refractivity contribution in [2.45, 2.75) is 225 Å². The molecule has 17 heteroatoms. The number of anilines is 1. The Morgan fingerprint density at radius 2 is 1.26 bits per heavy atom. The third-order valence-corrected chi connectivity index (χ3v) is 12.4. The zero-order chi connectivity index (χ0) is 44.0. The van der Waals surface area contributed by atoms with Gasteiger partial charge in [0, 0.05) is 19.3 Å². The van der Waals surface area contributed by atoms with Crippen molar-refractivity contribution < 1.29 is 77.0 Å². The molecule has 1 aliphatic heterocycles. The van der Waals surface area contributed by atoms with Gasteiger partial charge < -0.3 is 39.0 Å². The number of rotatable bonds is 38. The second-order valence-corrected chi connectivity index (χ2v) is 18.2. The van der Waals surface area contributed by atoms with E-state index in [4.69, 9.17) is 29.0 Å². The fraction of sp³-hybridized carbons (Fsp3) is 0.844. The molecule has 62 heavy (non-hydrogen) atoms. The van der Waals surface area contributed by atoms with Crippen LogP contribution in [0, 0.1) is 0 Å². The van der Waals surface area contributed by atoms with E-state index < -0.39 is 57.5 Å². The number of nitrogen functional groups attached to an aromatic ring is 1. The number of carbonyl (C=O) groups is 2. The van der Waals surface area contributed by atoms with E-state index >= 15 is 0 Å². The number of aromatic nitrogens is 4. The van der Waals surface area contributed by atoms with Gasteiger partial charge >= 0.3 is 41.5 Å². The van der Waals surface area contributed by atoms with Crippen molar-refractivity contribution in [3.05, 3.63) is 12.7 Å². The largest absolute Gasteiger partial charge is 1.00 e. The molecule has 1 aliphatic rings. The van der Waals surface area contributed by atoms with Crippen LogP contribution in [0.15, 0.2) is 12.7 Å². The molecule has 0 aliphatic carbocycles. The molecule has 0 radical (unpaired) electrons. The van der Waals surface area contributed by atoms with Crippen LogP contribution in [-0.4, -0.2) is 74.7 Å². The summed E-state index contributed by atoms with van der Waals surface area (Å²) in [4.78, 5) is 51.1. The Morgan fingerprint density at radius 3 is 1.76 bits per heavy atom. The number of nitrogens with zero attached hydrogens (tertiary/aromatic N) is 4. The van der Waals surface area contributed by atoms with Gasteiger partial charge in [0.05, 0.1) is 25.6 Å². The van der Waals surface area contributed by atoms with Crippen molar-refractivity contribution >= 4 is 36.7 Å². The normalized spacial score (nSPS) is 17.8. The summed E-state index contributed by atoms with van der Waals surface area (Å²) < 4.78 is 42.2. The molecule has 2 aromatic rings. The molecule has 3 rings (SSSR count). The van der Waals surface area contributed by atoms with Crippen LogP contribution in [-0.2, 0) is 37.4 Å². The molecule has 0 bridgehead atoms. The number of esters is 2. The monoisotopic (exact) mass is 904 g/mol. The molecule has 3 N–H and O–H groups in total. The maximum atomic E-state index is 13.1. The molecule has 5 atom stereocenters. The molecule has 1 saturated heterocycles. The molecule has 350 valence electrons. The first kappa shape index (κ1) is 56.4. The Bertz CT molecular complexity index is 1520. The first-order valence-electron chi connectivity index (χ1n) is 23.9. The fourth-order valence-electron chi connectivity index (χ4n) is 7.79. The number of unbranched alkanes of at least 4 members (excludes halogenated alkanes) is 24. The van der Waals surface area contributed by atoms with Crippen LogP contribution >= 0.6 is 7.82 Å². The Labute approximate surface area is 394 Å². The van der Waals surface area contributed by atoms with Gasteiger partial charge in [-0.3, -0.25) is 18.7 Å². The summed E-state index contributed by atoms with van der Waals surface area (Å²) in [6.45, 7) is 2.98. The second kappa shape index (κ2) is 34.6. The predicted molar refractivity (Wildman–Crippen MR) is 235 cm³/mol. The quantitative estimate of drug-likeness (QED) is 0.0302.